The standard InChI is InChI=1S/C20H18FNO4S/c1-24-15-10-12(11-16(25-2)19(15)26-3)22-20(23)18-9-8-17(27-18)13-6-4-5-7-14(13)21/h4-11H,1-3H3,(H,22,23). The molecule has 1 aromatic heterocycles. The molecule has 140 valence electrons. The number of methoxy groups -OCH3 is 3. The first-order valence-electron chi connectivity index (χ1n) is 8.03. The van der Waals surface area contributed by atoms with Crippen LogP contribution in [0.4, 0.5) is 10.1 Å². The predicted molar refractivity (Wildman–Crippen MR) is 104 cm³/mol. The average Bonchev–Trinajstić information content (AvgIpc) is 3.17. The summed E-state index contributed by atoms with van der Waals surface area (Å²) in [5, 5.41) is 2.80. The van der Waals surface area contributed by atoms with Crippen molar-refractivity contribution in [2.45, 2.75) is 0 Å². The fourth-order valence-corrected chi connectivity index (χ4v) is 3.54. The molecule has 1 heterocycles. The van der Waals surface area contributed by atoms with Gasteiger partial charge in [-0.25, -0.2) is 4.39 Å². The van der Waals surface area contributed by atoms with E-state index in [9.17, 15) is 9.18 Å². The lowest BCUT2D eigenvalue weighted by atomic mass is 10.2. The topological polar surface area (TPSA) is 56.8 Å². The Kier molecular flexibility index (Phi) is 5.61. The highest BCUT2D eigenvalue weighted by Gasteiger charge is 2.17. The van der Waals surface area contributed by atoms with Gasteiger partial charge < -0.3 is 19.5 Å². The number of ether oxygens (including phenoxy) is 3. The van der Waals surface area contributed by atoms with Crippen LogP contribution in [-0.2, 0) is 0 Å². The Balaban J connectivity index is 1.85. The van der Waals surface area contributed by atoms with Crippen LogP contribution in [0, 0.1) is 5.82 Å². The Hall–Kier alpha value is -3.06. The maximum atomic E-state index is 13.9. The van der Waals surface area contributed by atoms with E-state index in [2.05, 4.69) is 5.32 Å². The molecule has 3 rings (SSSR count). The maximum absolute atomic E-state index is 13.9. The summed E-state index contributed by atoms with van der Waals surface area (Å²) in [6, 6.07) is 13.1. The van der Waals surface area contributed by atoms with Crippen molar-refractivity contribution in [3.05, 3.63) is 59.2 Å². The van der Waals surface area contributed by atoms with Crippen LogP contribution in [-0.4, -0.2) is 27.2 Å². The van der Waals surface area contributed by atoms with E-state index in [-0.39, 0.29) is 11.7 Å². The quantitative estimate of drug-likeness (QED) is 0.658. The van der Waals surface area contributed by atoms with Gasteiger partial charge in [-0.2, -0.15) is 0 Å². The average molecular weight is 387 g/mol. The predicted octanol–water partition coefficient (Wildman–Crippen LogP) is 4.83. The van der Waals surface area contributed by atoms with Gasteiger partial charge in [0.2, 0.25) is 5.75 Å². The third-order valence-electron chi connectivity index (χ3n) is 3.89. The van der Waals surface area contributed by atoms with E-state index >= 15 is 0 Å². The Morgan fingerprint density at radius 1 is 0.963 bits per heavy atom. The maximum Gasteiger partial charge on any atom is 0.265 e. The second kappa shape index (κ2) is 8.09. The number of carbonyl (C=O) groups is 1. The van der Waals surface area contributed by atoms with Crippen LogP contribution in [0.25, 0.3) is 10.4 Å². The van der Waals surface area contributed by atoms with Gasteiger partial charge in [0.1, 0.15) is 5.82 Å². The highest BCUT2D eigenvalue weighted by molar-refractivity contribution is 7.17. The molecular formula is C20H18FNO4S. The van der Waals surface area contributed by atoms with Crippen LogP contribution in [0.2, 0.25) is 0 Å². The van der Waals surface area contributed by atoms with Crippen molar-refractivity contribution in [3.63, 3.8) is 0 Å². The Labute approximate surface area is 160 Å². The second-order valence-electron chi connectivity index (χ2n) is 5.51. The number of benzene rings is 2. The van der Waals surface area contributed by atoms with Crippen molar-refractivity contribution < 1.29 is 23.4 Å². The summed E-state index contributed by atoms with van der Waals surface area (Å²) < 4.78 is 29.8. The molecule has 0 atom stereocenters. The first kappa shape index (κ1) is 18.7. The molecule has 2 aromatic carbocycles. The highest BCUT2D eigenvalue weighted by Crippen LogP contribution is 2.40. The molecule has 27 heavy (non-hydrogen) atoms. The fourth-order valence-electron chi connectivity index (χ4n) is 2.61. The third kappa shape index (κ3) is 3.88. The van der Waals surface area contributed by atoms with Crippen molar-refractivity contribution in [2.24, 2.45) is 0 Å². The monoisotopic (exact) mass is 387 g/mol. The lowest BCUT2D eigenvalue weighted by molar-refractivity contribution is 0.103. The largest absolute Gasteiger partial charge is 0.493 e. The summed E-state index contributed by atoms with van der Waals surface area (Å²) in [6.07, 6.45) is 0. The van der Waals surface area contributed by atoms with E-state index in [1.54, 1.807) is 42.5 Å². The highest BCUT2D eigenvalue weighted by atomic mass is 32.1. The molecule has 0 aliphatic rings. The molecule has 1 amide bonds. The molecule has 0 bridgehead atoms. The van der Waals surface area contributed by atoms with Crippen molar-refractivity contribution in [1.82, 2.24) is 0 Å². The minimum atomic E-state index is -0.323. The van der Waals surface area contributed by atoms with Crippen LogP contribution in [0.3, 0.4) is 0 Å². The van der Waals surface area contributed by atoms with Gasteiger partial charge in [0.15, 0.2) is 11.5 Å². The van der Waals surface area contributed by atoms with Gasteiger partial charge in [0.05, 0.1) is 26.2 Å². The lowest BCUT2D eigenvalue weighted by Crippen LogP contribution is -2.10. The zero-order chi connectivity index (χ0) is 19.4. The molecule has 0 unspecified atom stereocenters. The number of thiophene rings is 1. The molecular weight excluding hydrogens is 369 g/mol. The van der Waals surface area contributed by atoms with Gasteiger partial charge in [-0.05, 0) is 18.2 Å². The second-order valence-corrected chi connectivity index (χ2v) is 6.60. The van der Waals surface area contributed by atoms with Gasteiger partial charge in [-0.15, -0.1) is 11.3 Å². The smallest absolute Gasteiger partial charge is 0.265 e. The molecule has 0 aliphatic heterocycles. The molecule has 5 nitrogen and oxygen atoms in total. The van der Waals surface area contributed by atoms with Crippen molar-refractivity contribution in [1.29, 1.82) is 0 Å². The summed E-state index contributed by atoms with van der Waals surface area (Å²) in [6.45, 7) is 0. The van der Waals surface area contributed by atoms with Gasteiger partial charge in [-0.1, -0.05) is 18.2 Å². The lowest BCUT2D eigenvalue weighted by Gasteiger charge is -2.14. The van der Waals surface area contributed by atoms with E-state index in [1.807, 2.05) is 0 Å². The van der Waals surface area contributed by atoms with Crippen LogP contribution < -0.4 is 19.5 Å². The summed E-state index contributed by atoms with van der Waals surface area (Å²) >= 11 is 1.22. The molecule has 0 spiro atoms. The number of rotatable bonds is 6. The van der Waals surface area contributed by atoms with Crippen molar-refractivity contribution in [2.75, 3.05) is 26.6 Å². The molecule has 0 fully saturated rings. The molecule has 0 saturated carbocycles. The Morgan fingerprint density at radius 2 is 1.63 bits per heavy atom. The Bertz CT molecular complexity index is 945. The van der Waals surface area contributed by atoms with E-state index in [4.69, 9.17) is 14.2 Å². The molecule has 3 aromatic rings. The number of nitrogens with one attached hydrogen (secondary N) is 1. The van der Waals surface area contributed by atoms with E-state index < -0.39 is 0 Å². The number of anilines is 1. The molecule has 0 radical (unpaired) electrons. The zero-order valence-corrected chi connectivity index (χ0v) is 15.9. The van der Waals surface area contributed by atoms with Gasteiger partial charge >= 0.3 is 0 Å². The van der Waals surface area contributed by atoms with Crippen LogP contribution in [0.1, 0.15) is 9.67 Å². The number of halogens is 1. The van der Waals surface area contributed by atoms with Gasteiger partial charge in [0, 0.05) is 28.3 Å². The minimum Gasteiger partial charge on any atom is -0.493 e. The Morgan fingerprint density at radius 3 is 2.22 bits per heavy atom. The summed E-state index contributed by atoms with van der Waals surface area (Å²) in [4.78, 5) is 13.7. The molecule has 0 saturated heterocycles. The fraction of sp³-hybridized carbons (Fsp3) is 0.150. The van der Waals surface area contributed by atoms with Crippen LogP contribution in [0.5, 0.6) is 17.2 Å². The third-order valence-corrected chi connectivity index (χ3v) is 5.01. The molecule has 1 N–H and O–H groups in total. The van der Waals surface area contributed by atoms with Gasteiger partial charge in [-0.3, -0.25) is 4.79 Å². The van der Waals surface area contributed by atoms with Crippen LogP contribution in [0.15, 0.2) is 48.5 Å². The van der Waals surface area contributed by atoms with E-state index in [1.165, 1.54) is 38.7 Å². The number of amides is 1. The number of hydrogen-bond acceptors (Lipinski definition) is 5. The molecule has 0 aliphatic carbocycles. The van der Waals surface area contributed by atoms with Crippen molar-refractivity contribution >= 4 is 22.9 Å². The normalized spacial score (nSPS) is 10.4. The first-order valence-corrected chi connectivity index (χ1v) is 8.85. The number of carbonyl (C=O) groups excluding carboxylic acids is 1. The van der Waals surface area contributed by atoms with Crippen molar-refractivity contribution in [3.8, 4) is 27.7 Å². The SMILES string of the molecule is COc1cc(NC(=O)c2ccc(-c3ccccc3F)s2)cc(OC)c1OC. The summed E-state index contributed by atoms with van der Waals surface area (Å²) in [5.74, 6) is 0.680. The van der Waals surface area contributed by atoms with Crippen LogP contribution >= 0.6 is 11.3 Å². The number of hydrogen-bond donors (Lipinski definition) is 1. The summed E-state index contributed by atoms with van der Waals surface area (Å²) in [7, 11) is 4.51. The van der Waals surface area contributed by atoms with E-state index in [0.717, 1.165) is 0 Å². The van der Waals surface area contributed by atoms with E-state index in [0.29, 0.717) is 38.3 Å². The van der Waals surface area contributed by atoms with Gasteiger partial charge in [0.25, 0.3) is 5.91 Å². The summed E-state index contributed by atoms with van der Waals surface area (Å²) in [5.41, 5.74) is 0.963. The minimum absolute atomic E-state index is 0.308. The first-order chi connectivity index (χ1) is 13.1. The zero-order valence-electron chi connectivity index (χ0n) is 15.0. The molecule has 7 heteroatoms.